The first kappa shape index (κ1) is 13.1. The normalized spacial score (nSPS) is 20.1. The molecule has 3 rings (SSSR count). The summed E-state index contributed by atoms with van der Waals surface area (Å²) in [5, 5.41) is 18.4. The molecule has 104 valence electrons. The van der Waals surface area contributed by atoms with Crippen molar-refractivity contribution in [3.63, 3.8) is 0 Å². The van der Waals surface area contributed by atoms with Crippen LogP contribution in [0.15, 0.2) is 24.3 Å². The van der Waals surface area contributed by atoms with Crippen molar-refractivity contribution >= 4 is 10.9 Å². The molecule has 1 aromatic carbocycles. The zero-order valence-electron chi connectivity index (χ0n) is 11.7. The smallest absolute Gasteiger partial charge is 0.111 e. The lowest BCUT2D eigenvalue weighted by Gasteiger charge is -2.31. The van der Waals surface area contributed by atoms with E-state index in [0.717, 1.165) is 38.4 Å². The van der Waals surface area contributed by atoms with Crippen LogP contribution < -0.4 is 5.32 Å². The van der Waals surface area contributed by atoms with Crippen molar-refractivity contribution in [2.75, 3.05) is 19.6 Å². The molecule has 20 heavy (non-hydrogen) atoms. The molecule has 5 heteroatoms. The van der Waals surface area contributed by atoms with Crippen LogP contribution in [0.3, 0.4) is 0 Å². The van der Waals surface area contributed by atoms with Crippen LogP contribution in [0.2, 0.25) is 0 Å². The number of para-hydroxylation sites is 1. The lowest BCUT2D eigenvalue weighted by Crippen LogP contribution is -2.50. The van der Waals surface area contributed by atoms with Crippen LogP contribution in [0.1, 0.15) is 12.6 Å². The molecule has 1 aromatic heterocycles. The van der Waals surface area contributed by atoms with Crippen LogP contribution in [-0.4, -0.2) is 40.4 Å². The van der Waals surface area contributed by atoms with E-state index in [0.29, 0.717) is 0 Å². The number of nitrogens with one attached hydrogen (secondary N) is 1. The van der Waals surface area contributed by atoms with Gasteiger partial charge in [0.25, 0.3) is 0 Å². The summed E-state index contributed by atoms with van der Waals surface area (Å²) in [6.07, 6.45) is 0. The summed E-state index contributed by atoms with van der Waals surface area (Å²) in [5.41, 5.74) is 2.25. The quantitative estimate of drug-likeness (QED) is 0.914. The van der Waals surface area contributed by atoms with E-state index < -0.39 is 0 Å². The Morgan fingerprint density at radius 3 is 3.10 bits per heavy atom. The molecule has 1 saturated heterocycles. The van der Waals surface area contributed by atoms with Gasteiger partial charge in [-0.05, 0) is 13.0 Å². The number of rotatable bonds is 3. The second kappa shape index (κ2) is 5.61. The van der Waals surface area contributed by atoms with Crippen LogP contribution in [0.25, 0.3) is 10.9 Å². The Bertz CT molecular complexity index is 639. The Morgan fingerprint density at radius 2 is 2.30 bits per heavy atom. The number of fused-ring (bicyclic) bond motifs is 1. The Morgan fingerprint density at radius 1 is 1.45 bits per heavy atom. The van der Waals surface area contributed by atoms with Gasteiger partial charge in [0.05, 0.1) is 17.3 Å². The molecule has 5 nitrogen and oxygen atoms in total. The summed E-state index contributed by atoms with van der Waals surface area (Å²) < 4.78 is 2.04. The van der Waals surface area contributed by atoms with Crippen molar-refractivity contribution in [1.82, 2.24) is 20.0 Å². The van der Waals surface area contributed by atoms with Crippen molar-refractivity contribution in [3.05, 3.63) is 30.0 Å². The van der Waals surface area contributed by atoms with E-state index in [1.54, 1.807) is 0 Å². The van der Waals surface area contributed by atoms with Crippen molar-refractivity contribution < 1.29 is 0 Å². The summed E-state index contributed by atoms with van der Waals surface area (Å²) >= 11 is 0. The van der Waals surface area contributed by atoms with Crippen LogP contribution >= 0.6 is 0 Å². The first-order valence-corrected chi connectivity index (χ1v) is 7.12. The fourth-order valence-electron chi connectivity index (χ4n) is 2.81. The van der Waals surface area contributed by atoms with Gasteiger partial charge in [0.15, 0.2) is 0 Å². The predicted octanol–water partition coefficient (Wildman–Crippen LogP) is 1.35. The van der Waals surface area contributed by atoms with Gasteiger partial charge in [-0.1, -0.05) is 18.2 Å². The predicted molar refractivity (Wildman–Crippen MR) is 78.1 cm³/mol. The molecule has 0 radical (unpaired) electrons. The van der Waals surface area contributed by atoms with Crippen LogP contribution in [0, 0.1) is 11.3 Å². The van der Waals surface area contributed by atoms with Crippen LogP contribution in [0.5, 0.6) is 0 Å². The van der Waals surface area contributed by atoms with Gasteiger partial charge in [0.2, 0.25) is 0 Å². The maximum absolute atomic E-state index is 9.25. The highest BCUT2D eigenvalue weighted by Gasteiger charge is 2.23. The zero-order chi connectivity index (χ0) is 13.9. The minimum absolute atomic E-state index is 0.0608. The summed E-state index contributed by atoms with van der Waals surface area (Å²) in [7, 11) is 0. The fourth-order valence-corrected chi connectivity index (χ4v) is 2.81. The Kier molecular flexibility index (Phi) is 3.68. The van der Waals surface area contributed by atoms with E-state index in [1.165, 1.54) is 10.9 Å². The van der Waals surface area contributed by atoms with E-state index in [4.69, 9.17) is 5.10 Å². The minimum atomic E-state index is -0.0608. The molecule has 1 N–H and O–H groups in total. The van der Waals surface area contributed by atoms with E-state index in [2.05, 4.69) is 35.3 Å². The molecule has 0 spiro atoms. The third kappa shape index (κ3) is 2.28. The lowest BCUT2D eigenvalue weighted by atomic mass is 10.1. The molecule has 0 bridgehead atoms. The number of hydrogen-bond acceptors (Lipinski definition) is 4. The summed E-state index contributed by atoms with van der Waals surface area (Å²) in [5.74, 6) is 0. The van der Waals surface area contributed by atoms with Crippen molar-refractivity contribution in [1.29, 1.82) is 5.26 Å². The molecule has 1 aliphatic rings. The molecular formula is C15H19N5. The number of nitriles is 1. The number of benzene rings is 1. The zero-order valence-corrected chi connectivity index (χ0v) is 11.7. The third-order valence-corrected chi connectivity index (χ3v) is 3.89. The molecule has 1 aliphatic heterocycles. The highest BCUT2D eigenvalue weighted by atomic mass is 15.3. The van der Waals surface area contributed by atoms with Crippen LogP contribution in [-0.2, 0) is 13.1 Å². The molecule has 0 amide bonds. The number of piperazine rings is 1. The van der Waals surface area contributed by atoms with Gasteiger partial charge in [0, 0.05) is 38.1 Å². The molecule has 2 aromatic rings. The van der Waals surface area contributed by atoms with E-state index >= 15 is 0 Å². The largest absolute Gasteiger partial charge is 0.313 e. The summed E-state index contributed by atoms with van der Waals surface area (Å²) in [6.45, 7) is 6.28. The van der Waals surface area contributed by atoms with E-state index in [-0.39, 0.29) is 6.04 Å². The molecule has 1 fully saturated rings. The number of hydrogen-bond donors (Lipinski definition) is 1. The van der Waals surface area contributed by atoms with Gasteiger partial charge >= 0.3 is 0 Å². The van der Waals surface area contributed by atoms with Gasteiger partial charge in [-0.2, -0.15) is 10.4 Å². The monoisotopic (exact) mass is 269 g/mol. The van der Waals surface area contributed by atoms with Gasteiger partial charge < -0.3 is 5.32 Å². The first-order valence-electron chi connectivity index (χ1n) is 7.12. The molecular weight excluding hydrogens is 250 g/mol. The average Bonchev–Trinajstić information content (AvgIpc) is 2.86. The number of aryl methyl sites for hydroxylation is 1. The molecule has 0 saturated carbocycles. The van der Waals surface area contributed by atoms with Gasteiger partial charge in [-0.25, -0.2) is 0 Å². The van der Waals surface area contributed by atoms with Gasteiger partial charge in [-0.3, -0.25) is 9.58 Å². The summed E-state index contributed by atoms with van der Waals surface area (Å²) in [6, 6.07) is 10.6. The first-order chi connectivity index (χ1) is 9.83. The maximum atomic E-state index is 9.25. The van der Waals surface area contributed by atoms with Crippen molar-refractivity contribution in [2.24, 2.45) is 0 Å². The number of nitrogens with zero attached hydrogens (tertiary/aromatic N) is 4. The Labute approximate surface area is 118 Å². The Balaban J connectivity index is 1.92. The van der Waals surface area contributed by atoms with Crippen LogP contribution in [0.4, 0.5) is 0 Å². The highest BCUT2D eigenvalue weighted by Crippen LogP contribution is 2.20. The van der Waals surface area contributed by atoms with Crippen molar-refractivity contribution in [2.45, 2.75) is 26.1 Å². The second-order valence-corrected chi connectivity index (χ2v) is 5.10. The topological polar surface area (TPSA) is 56.9 Å². The SMILES string of the molecule is CCn1nc(CN2CCNCC2C#N)c2ccccc21. The second-order valence-electron chi connectivity index (χ2n) is 5.10. The highest BCUT2D eigenvalue weighted by molar-refractivity contribution is 5.81. The van der Waals surface area contributed by atoms with Gasteiger partial charge in [-0.15, -0.1) is 0 Å². The third-order valence-electron chi connectivity index (χ3n) is 3.89. The maximum Gasteiger partial charge on any atom is 0.111 e. The molecule has 2 heterocycles. The van der Waals surface area contributed by atoms with E-state index in [9.17, 15) is 5.26 Å². The van der Waals surface area contributed by atoms with Gasteiger partial charge in [0.1, 0.15) is 6.04 Å². The lowest BCUT2D eigenvalue weighted by molar-refractivity contribution is 0.187. The summed E-state index contributed by atoms with van der Waals surface area (Å²) in [4.78, 5) is 2.21. The molecule has 1 unspecified atom stereocenters. The van der Waals surface area contributed by atoms with E-state index in [1.807, 2.05) is 16.8 Å². The number of aromatic nitrogens is 2. The Hall–Kier alpha value is -1.90. The fraction of sp³-hybridized carbons (Fsp3) is 0.467. The van der Waals surface area contributed by atoms with Crippen molar-refractivity contribution in [3.8, 4) is 6.07 Å². The molecule has 1 atom stereocenters. The molecule has 0 aliphatic carbocycles. The minimum Gasteiger partial charge on any atom is -0.313 e. The average molecular weight is 269 g/mol. The standard InChI is InChI=1S/C15H19N5/c1-2-20-15-6-4-3-5-13(15)14(18-20)11-19-8-7-17-10-12(19)9-16/h3-6,12,17H,2,7-8,10-11H2,1H3.